The van der Waals surface area contributed by atoms with Gasteiger partial charge in [0, 0.05) is 29.3 Å². The van der Waals surface area contributed by atoms with Gasteiger partial charge in [-0.05, 0) is 35.9 Å². The number of aromatic nitrogens is 2. The van der Waals surface area contributed by atoms with Gasteiger partial charge < -0.3 is 11.1 Å². The number of aliphatic imine (C=N–C) groups is 1. The zero-order valence-corrected chi connectivity index (χ0v) is 15.4. The van der Waals surface area contributed by atoms with E-state index in [0.717, 1.165) is 28.1 Å². The van der Waals surface area contributed by atoms with E-state index >= 15 is 0 Å². The molecule has 0 unspecified atom stereocenters. The Bertz CT molecular complexity index is 1150. The van der Waals surface area contributed by atoms with Crippen LogP contribution >= 0.6 is 0 Å². The molecular weight excluding hydrogens is 362 g/mol. The predicted molar refractivity (Wildman–Crippen MR) is 105 cm³/mol. The van der Waals surface area contributed by atoms with Gasteiger partial charge in [0.2, 0.25) is 5.95 Å². The van der Waals surface area contributed by atoms with Crippen LogP contribution in [-0.2, 0) is 16.4 Å². The van der Waals surface area contributed by atoms with Crippen molar-refractivity contribution in [3.63, 3.8) is 0 Å². The molecule has 0 aliphatic carbocycles. The van der Waals surface area contributed by atoms with Gasteiger partial charge in [0.1, 0.15) is 5.82 Å². The summed E-state index contributed by atoms with van der Waals surface area (Å²) in [6.45, 7) is 0.596. The van der Waals surface area contributed by atoms with E-state index in [4.69, 9.17) is 5.73 Å². The number of nitrogen functional groups attached to an aromatic ring is 1. The molecule has 8 heteroatoms. The van der Waals surface area contributed by atoms with Crippen LogP contribution in [0.25, 0.3) is 0 Å². The Labute approximate surface area is 156 Å². The van der Waals surface area contributed by atoms with E-state index in [2.05, 4.69) is 20.3 Å². The van der Waals surface area contributed by atoms with Crippen molar-refractivity contribution >= 4 is 33.0 Å². The first-order valence-corrected chi connectivity index (χ1v) is 10.1. The first-order chi connectivity index (χ1) is 12.9. The highest BCUT2D eigenvalue weighted by Gasteiger charge is 2.18. The minimum absolute atomic E-state index is 0.203. The standard InChI is InChI=1S/C19H17N5O2S/c1-27(25,26)15-6-3-12(4-7-15)18-16-10-14(5-2-13(16)11-22-18)23-17-8-9-21-19(20)24-17/h2-10H,11H2,1H3,(H3,20,21,23,24). The number of anilines is 3. The van der Waals surface area contributed by atoms with Gasteiger partial charge in [-0.1, -0.05) is 18.2 Å². The average Bonchev–Trinajstić information content (AvgIpc) is 3.04. The van der Waals surface area contributed by atoms with Crippen molar-refractivity contribution in [3.05, 3.63) is 71.4 Å². The van der Waals surface area contributed by atoms with Crippen molar-refractivity contribution in [2.45, 2.75) is 11.4 Å². The number of fused-ring (bicyclic) bond motifs is 1. The fourth-order valence-corrected chi connectivity index (χ4v) is 3.59. The molecule has 7 nitrogen and oxygen atoms in total. The number of nitrogens with one attached hydrogen (secondary N) is 1. The summed E-state index contributed by atoms with van der Waals surface area (Å²) in [6.07, 6.45) is 2.79. The Hall–Kier alpha value is -3.26. The van der Waals surface area contributed by atoms with Crippen LogP contribution in [0.5, 0.6) is 0 Å². The fourth-order valence-electron chi connectivity index (χ4n) is 2.96. The fraction of sp³-hybridized carbons (Fsp3) is 0.105. The second-order valence-electron chi connectivity index (χ2n) is 6.26. The third kappa shape index (κ3) is 3.52. The van der Waals surface area contributed by atoms with E-state index < -0.39 is 9.84 Å². The molecule has 136 valence electrons. The molecule has 0 fully saturated rings. The number of sulfone groups is 1. The zero-order chi connectivity index (χ0) is 19.0. The highest BCUT2D eigenvalue weighted by Crippen LogP contribution is 2.27. The maximum atomic E-state index is 11.6. The summed E-state index contributed by atoms with van der Waals surface area (Å²) in [7, 11) is -3.22. The van der Waals surface area contributed by atoms with Crippen molar-refractivity contribution in [1.29, 1.82) is 0 Å². The maximum absolute atomic E-state index is 11.6. The molecule has 0 bridgehead atoms. The third-order valence-electron chi connectivity index (χ3n) is 4.28. The number of hydrogen-bond acceptors (Lipinski definition) is 7. The predicted octanol–water partition coefficient (Wildman–Crippen LogP) is 2.56. The molecule has 4 rings (SSSR count). The summed E-state index contributed by atoms with van der Waals surface area (Å²) in [5, 5.41) is 3.21. The molecule has 2 aromatic carbocycles. The average molecular weight is 379 g/mol. The molecule has 0 spiro atoms. The molecule has 3 aromatic rings. The molecule has 3 N–H and O–H groups in total. The monoisotopic (exact) mass is 379 g/mol. The second-order valence-corrected chi connectivity index (χ2v) is 8.27. The lowest BCUT2D eigenvalue weighted by molar-refractivity contribution is 0.602. The van der Waals surface area contributed by atoms with Gasteiger partial charge in [0.15, 0.2) is 9.84 Å². The molecule has 1 aromatic heterocycles. The van der Waals surface area contributed by atoms with E-state index in [1.165, 1.54) is 6.26 Å². The van der Waals surface area contributed by atoms with Gasteiger partial charge in [-0.25, -0.2) is 13.4 Å². The van der Waals surface area contributed by atoms with Crippen molar-refractivity contribution in [2.75, 3.05) is 17.3 Å². The minimum atomic E-state index is -3.22. The Morgan fingerprint density at radius 2 is 1.85 bits per heavy atom. The molecular formula is C19H17N5O2S. The second kappa shape index (κ2) is 6.48. The smallest absolute Gasteiger partial charge is 0.221 e. The number of nitrogens with zero attached hydrogens (tertiary/aromatic N) is 3. The number of rotatable bonds is 4. The van der Waals surface area contributed by atoms with Gasteiger partial charge in [-0.3, -0.25) is 4.99 Å². The summed E-state index contributed by atoms with van der Waals surface area (Å²) in [5.74, 6) is 0.811. The largest absolute Gasteiger partial charge is 0.368 e. The molecule has 0 atom stereocenters. The van der Waals surface area contributed by atoms with Crippen LogP contribution in [0.2, 0.25) is 0 Å². The number of nitrogens with two attached hydrogens (primary N) is 1. The van der Waals surface area contributed by atoms with E-state index in [9.17, 15) is 8.42 Å². The molecule has 0 saturated carbocycles. The van der Waals surface area contributed by atoms with E-state index in [-0.39, 0.29) is 5.95 Å². The van der Waals surface area contributed by atoms with Crippen LogP contribution in [0.3, 0.4) is 0 Å². The van der Waals surface area contributed by atoms with Gasteiger partial charge in [0.25, 0.3) is 0 Å². The molecule has 0 saturated heterocycles. The first kappa shape index (κ1) is 17.2. The van der Waals surface area contributed by atoms with Crippen molar-refractivity contribution in [2.24, 2.45) is 4.99 Å². The SMILES string of the molecule is CS(=O)(=O)c1ccc(C2=NCc3ccc(Nc4ccnc(N)n4)cc32)cc1. The Morgan fingerprint density at radius 3 is 2.56 bits per heavy atom. The Balaban J connectivity index is 1.65. The van der Waals surface area contributed by atoms with Gasteiger partial charge >= 0.3 is 0 Å². The normalized spacial score (nSPS) is 13.1. The Kier molecular flexibility index (Phi) is 4.12. The summed E-state index contributed by atoms with van der Waals surface area (Å²) in [6, 6.07) is 14.5. The van der Waals surface area contributed by atoms with Crippen LogP contribution in [0.1, 0.15) is 16.7 Å². The van der Waals surface area contributed by atoms with E-state index in [0.29, 0.717) is 17.3 Å². The topological polar surface area (TPSA) is 110 Å². The van der Waals surface area contributed by atoms with Crippen molar-refractivity contribution in [3.8, 4) is 0 Å². The quantitative estimate of drug-likeness (QED) is 0.721. The molecule has 1 aliphatic rings. The summed E-state index contributed by atoms with van der Waals surface area (Å²) >= 11 is 0. The third-order valence-corrected chi connectivity index (χ3v) is 5.40. The van der Waals surface area contributed by atoms with E-state index in [1.54, 1.807) is 36.5 Å². The van der Waals surface area contributed by atoms with Crippen LogP contribution in [0.4, 0.5) is 17.5 Å². The minimum Gasteiger partial charge on any atom is -0.368 e. The van der Waals surface area contributed by atoms with Crippen molar-refractivity contribution in [1.82, 2.24) is 9.97 Å². The molecule has 1 aliphatic heterocycles. The highest BCUT2D eigenvalue weighted by molar-refractivity contribution is 7.90. The van der Waals surface area contributed by atoms with Gasteiger partial charge in [-0.2, -0.15) is 4.98 Å². The van der Waals surface area contributed by atoms with Crippen LogP contribution in [-0.4, -0.2) is 30.4 Å². The number of hydrogen-bond donors (Lipinski definition) is 2. The lowest BCUT2D eigenvalue weighted by Crippen LogP contribution is -2.04. The molecule has 0 amide bonds. The van der Waals surface area contributed by atoms with Gasteiger partial charge in [-0.15, -0.1) is 0 Å². The van der Waals surface area contributed by atoms with Crippen LogP contribution in [0, 0.1) is 0 Å². The van der Waals surface area contributed by atoms with Crippen LogP contribution in [0.15, 0.2) is 64.6 Å². The summed E-state index contributed by atoms with van der Waals surface area (Å²) < 4.78 is 23.3. The Morgan fingerprint density at radius 1 is 1.07 bits per heavy atom. The number of benzene rings is 2. The first-order valence-electron chi connectivity index (χ1n) is 8.24. The maximum Gasteiger partial charge on any atom is 0.221 e. The molecule has 0 radical (unpaired) electrons. The molecule has 2 heterocycles. The van der Waals surface area contributed by atoms with Crippen molar-refractivity contribution < 1.29 is 8.42 Å². The summed E-state index contributed by atoms with van der Waals surface area (Å²) in [4.78, 5) is 12.9. The zero-order valence-electron chi connectivity index (χ0n) is 14.5. The van der Waals surface area contributed by atoms with E-state index in [1.807, 2.05) is 18.2 Å². The van der Waals surface area contributed by atoms with Crippen LogP contribution < -0.4 is 11.1 Å². The lowest BCUT2D eigenvalue weighted by Gasteiger charge is -2.10. The van der Waals surface area contributed by atoms with Gasteiger partial charge in [0.05, 0.1) is 17.2 Å². The summed E-state index contributed by atoms with van der Waals surface area (Å²) in [5.41, 5.74) is 10.3. The highest BCUT2D eigenvalue weighted by atomic mass is 32.2. The lowest BCUT2D eigenvalue weighted by atomic mass is 9.99. The molecule has 27 heavy (non-hydrogen) atoms.